The molecule has 0 aliphatic heterocycles. The van der Waals surface area contributed by atoms with Crippen LogP contribution in [0.1, 0.15) is 91.4 Å². The summed E-state index contributed by atoms with van der Waals surface area (Å²) in [4.78, 5) is 0. The third-order valence-electron chi connectivity index (χ3n) is 4.76. The van der Waals surface area contributed by atoms with Gasteiger partial charge >= 0.3 is 0 Å². The first-order valence-corrected chi connectivity index (χ1v) is 8.96. The Bertz CT molecular complexity index is 196. The SMILES string of the molecule is CCCCC(CC)CCCCC(CC)CCC(N)OC. The number of unbranched alkanes of at least 4 members (excludes halogenated alkanes) is 2. The number of ether oxygens (including phenoxy) is 1. The Hall–Kier alpha value is -0.0800. The molecule has 3 unspecified atom stereocenters. The maximum absolute atomic E-state index is 5.81. The maximum atomic E-state index is 5.81. The maximum Gasteiger partial charge on any atom is 0.105 e. The average Bonchev–Trinajstić information content (AvgIpc) is 2.49. The van der Waals surface area contributed by atoms with Gasteiger partial charge in [0.2, 0.25) is 0 Å². The average molecular weight is 286 g/mol. The van der Waals surface area contributed by atoms with E-state index < -0.39 is 0 Å². The van der Waals surface area contributed by atoms with Crippen LogP contribution < -0.4 is 5.73 Å². The summed E-state index contributed by atoms with van der Waals surface area (Å²) in [7, 11) is 1.70. The third-order valence-corrected chi connectivity index (χ3v) is 4.76. The molecule has 0 aromatic rings. The number of nitrogens with two attached hydrogens (primary N) is 1. The first kappa shape index (κ1) is 19.9. The van der Waals surface area contributed by atoms with Crippen molar-refractivity contribution >= 4 is 0 Å². The topological polar surface area (TPSA) is 35.2 Å². The lowest BCUT2D eigenvalue weighted by atomic mass is 9.90. The second-order valence-electron chi connectivity index (χ2n) is 6.33. The predicted octanol–water partition coefficient (Wildman–Crippen LogP) is 5.50. The minimum Gasteiger partial charge on any atom is -0.367 e. The molecule has 2 nitrogen and oxygen atoms in total. The number of methoxy groups -OCH3 is 1. The van der Waals surface area contributed by atoms with E-state index in [0.717, 1.165) is 18.3 Å². The van der Waals surface area contributed by atoms with Crippen molar-refractivity contribution in [3.05, 3.63) is 0 Å². The van der Waals surface area contributed by atoms with Crippen LogP contribution in [-0.2, 0) is 4.74 Å². The van der Waals surface area contributed by atoms with E-state index in [9.17, 15) is 0 Å². The molecule has 2 N–H and O–H groups in total. The predicted molar refractivity (Wildman–Crippen MR) is 89.8 cm³/mol. The molecule has 0 rings (SSSR count). The number of rotatable bonds is 14. The van der Waals surface area contributed by atoms with Gasteiger partial charge in [-0.3, -0.25) is 0 Å². The van der Waals surface area contributed by atoms with Crippen LogP contribution in [0.3, 0.4) is 0 Å². The summed E-state index contributed by atoms with van der Waals surface area (Å²) in [6.45, 7) is 6.95. The first-order chi connectivity index (χ1) is 9.67. The zero-order chi connectivity index (χ0) is 15.2. The fraction of sp³-hybridized carbons (Fsp3) is 1.00. The molecule has 0 aliphatic rings. The molecule has 2 heteroatoms. The van der Waals surface area contributed by atoms with Crippen LogP contribution in [0.2, 0.25) is 0 Å². The quantitative estimate of drug-likeness (QED) is 0.338. The van der Waals surface area contributed by atoms with Crippen LogP contribution in [-0.4, -0.2) is 13.3 Å². The zero-order valence-corrected chi connectivity index (χ0v) is 14.5. The van der Waals surface area contributed by atoms with Gasteiger partial charge in [0.05, 0.1) is 0 Å². The van der Waals surface area contributed by atoms with Gasteiger partial charge in [-0.1, -0.05) is 78.6 Å². The lowest BCUT2D eigenvalue weighted by Gasteiger charge is -2.18. The molecule has 20 heavy (non-hydrogen) atoms. The van der Waals surface area contributed by atoms with Crippen molar-refractivity contribution in [2.24, 2.45) is 17.6 Å². The Morgan fingerprint density at radius 1 is 0.750 bits per heavy atom. The normalized spacial score (nSPS) is 16.1. The van der Waals surface area contributed by atoms with E-state index in [1.165, 1.54) is 64.2 Å². The standard InChI is InChI=1S/C18H39NO/c1-5-8-11-16(6-2)12-9-10-13-17(7-3)14-15-18(19)20-4/h16-18H,5-15,19H2,1-4H3. The fourth-order valence-corrected chi connectivity index (χ4v) is 2.98. The van der Waals surface area contributed by atoms with E-state index in [0.29, 0.717) is 0 Å². The van der Waals surface area contributed by atoms with Crippen LogP contribution in [0.25, 0.3) is 0 Å². The smallest absolute Gasteiger partial charge is 0.105 e. The summed E-state index contributed by atoms with van der Waals surface area (Å²) in [6.07, 6.45) is 14.6. The molecule has 0 fully saturated rings. The van der Waals surface area contributed by atoms with Crippen LogP contribution in [0.4, 0.5) is 0 Å². The molecule has 0 radical (unpaired) electrons. The molecule has 3 atom stereocenters. The molecule has 122 valence electrons. The van der Waals surface area contributed by atoms with E-state index in [1.807, 2.05) is 0 Å². The molecule has 0 bridgehead atoms. The van der Waals surface area contributed by atoms with Crippen LogP contribution >= 0.6 is 0 Å². The summed E-state index contributed by atoms with van der Waals surface area (Å²) in [5.74, 6) is 1.81. The lowest BCUT2D eigenvalue weighted by Crippen LogP contribution is -2.22. The zero-order valence-electron chi connectivity index (χ0n) is 14.5. The Kier molecular flexibility index (Phi) is 13.8. The Balaban J connectivity index is 3.67. The van der Waals surface area contributed by atoms with Gasteiger partial charge in [-0.25, -0.2) is 0 Å². The summed E-state index contributed by atoms with van der Waals surface area (Å²) >= 11 is 0. The molecule has 0 amide bonds. The van der Waals surface area contributed by atoms with Gasteiger partial charge in [-0.2, -0.15) is 0 Å². The molecule has 0 saturated carbocycles. The van der Waals surface area contributed by atoms with Crippen molar-refractivity contribution in [1.29, 1.82) is 0 Å². The van der Waals surface area contributed by atoms with Crippen molar-refractivity contribution < 1.29 is 4.74 Å². The van der Waals surface area contributed by atoms with Gasteiger partial charge in [-0.15, -0.1) is 0 Å². The van der Waals surface area contributed by atoms with Gasteiger partial charge in [0.1, 0.15) is 6.23 Å². The molecule has 0 heterocycles. The van der Waals surface area contributed by atoms with Gasteiger partial charge < -0.3 is 10.5 Å². The summed E-state index contributed by atoms with van der Waals surface area (Å²) in [5.41, 5.74) is 5.81. The summed E-state index contributed by atoms with van der Waals surface area (Å²) in [5, 5.41) is 0. The third kappa shape index (κ3) is 10.7. The van der Waals surface area contributed by atoms with Gasteiger partial charge in [0.15, 0.2) is 0 Å². The van der Waals surface area contributed by atoms with E-state index in [-0.39, 0.29) is 6.23 Å². The van der Waals surface area contributed by atoms with Crippen molar-refractivity contribution in [3.8, 4) is 0 Å². The van der Waals surface area contributed by atoms with Crippen LogP contribution in [0, 0.1) is 11.8 Å². The van der Waals surface area contributed by atoms with Gasteiger partial charge in [0, 0.05) is 7.11 Å². The highest BCUT2D eigenvalue weighted by molar-refractivity contribution is 4.63. The van der Waals surface area contributed by atoms with Crippen molar-refractivity contribution in [1.82, 2.24) is 0 Å². The molecule has 0 aliphatic carbocycles. The highest BCUT2D eigenvalue weighted by Crippen LogP contribution is 2.23. The Morgan fingerprint density at radius 3 is 1.70 bits per heavy atom. The van der Waals surface area contributed by atoms with Crippen LogP contribution in [0.15, 0.2) is 0 Å². The Labute approximate surface area is 127 Å². The van der Waals surface area contributed by atoms with Crippen molar-refractivity contribution in [3.63, 3.8) is 0 Å². The Morgan fingerprint density at radius 2 is 1.25 bits per heavy atom. The first-order valence-electron chi connectivity index (χ1n) is 8.96. The highest BCUT2D eigenvalue weighted by atomic mass is 16.5. The van der Waals surface area contributed by atoms with Crippen molar-refractivity contribution in [2.75, 3.05) is 7.11 Å². The van der Waals surface area contributed by atoms with E-state index >= 15 is 0 Å². The molecule has 0 saturated heterocycles. The molecule has 0 spiro atoms. The molecule has 0 aromatic heterocycles. The largest absolute Gasteiger partial charge is 0.367 e. The van der Waals surface area contributed by atoms with Crippen LogP contribution in [0.5, 0.6) is 0 Å². The molecular formula is C18H39NO. The lowest BCUT2D eigenvalue weighted by molar-refractivity contribution is 0.0935. The van der Waals surface area contributed by atoms with Gasteiger partial charge in [-0.05, 0) is 24.7 Å². The number of hydrogen-bond donors (Lipinski definition) is 1. The molecular weight excluding hydrogens is 246 g/mol. The second kappa shape index (κ2) is 13.9. The number of hydrogen-bond acceptors (Lipinski definition) is 2. The second-order valence-corrected chi connectivity index (χ2v) is 6.33. The fourth-order valence-electron chi connectivity index (χ4n) is 2.98. The van der Waals surface area contributed by atoms with E-state index in [2.05, 4.69) is 20.8 Å². The summed E-state index contributed by atoms with van der Waals surface area (Å²) in [6, 6.07) is 0. The van der Waals surface area contributed by atoms with Gasteiger partial charge in [0.25, 0.3) is 0 Å². The van der Waals surface area contributed by atoms with E-state index in [4.69, 9.17) is 10.5 Å². The molecule has 0 aromatic carbocycles. The van der Waals surface area contributed by atoms with E-state index in [1.54, 1.807) is 7.11 Å². The van der Waals surface area contributed by atoms with Crippen molar-refractivity contribution in [2.45, 2.75) is 97.6 Å². The minimum absolute atomic E-state index is 0.0671. The monoisotopic (exact) mass is 285 g/mol. The summed E-state index contributed by atoms with van der Waals surface area (Å²) < 4.78 is 5.13. The highest BCUT2D eigenvalue weighted by Gasteiger charge is 2.10. The minimum atomic E-state index is -0.0671.